The minimum atomic E-state index is 0.217. The molecule has 0 fully saturated rings. The summed E-state index contributed by atoms with van der Waals surface area (Å²) in [5, 5.41) is 9.14. The monoisotopic (exact) mass is 382 g/mol. The standard InChI is InChI=1S/C19H12Cl2N4O/c20-16-9-5-4-8-15(16)18-23-19(26-24-18)17(21)10-13-11-22-25(12-13)14-6-2-1-3-7-14/h1-12H/b17-10-. The van der Waals surface area contributed by atoms with E-state index in [1.165, 1.54) is 0 Å². The van der Waals surface area contributed by atoms with Gasteiger partial charge in [-0.25, -0.2) is 4.68 Å². The summed E-state index contributed by atoms with van der Waals surface area (Å²) >= 11 is 12.5. The molecule has 2 aromatic carbocycles. The lowest BCUT2D eigenvalue weighted by molar-refractivity contribution is 0.410. The Morgan fingerprint density at radius 3 is 2.62 bits per heavy atom. The molecule has 0 aliphatic rings. The van der Waals surface area contributed by atoms with E-state index in [4.69, 9.17) is 27.7 Å². The van der Waals surface area contributed by atoms with Crippen LogP contribution in [0.15, 0.2) is 71.5 Å². The van der Waals surface area contributed by atoms with Gasteiger partial charge in [0.05, 0.1) is 16.9 Å². The number of hydrogen-bond donors (Lipinski definition) is 0. The van der Waals surface area contributed by atoms with E-state index in [0.29, 0.717) is 21.4 Å². The average Bonchev–Trinajstić information content (AvgIpc) is 3.33. The Balaban J connectivity index is 1.60. The fraction of sp³-hybridized carbons (Fsp3) is 0. The first-order chi connectivity index (χ1) is 12.7. The number of para-hydroxylation sites is 1. The number of nitrogens with zero attached hydrogens (tertiary/aromatic N) is 4. The van der Waals surface area contributed by atoms with Gasteiger partial charge in [-0.1, -0.05) is 58.7 Å². The van der Waals surface area contributed by atoms with Crippen LogP contribution >= 0.6 is 23.2 Å². The molecule has 0 atom stereocenters. The lowest BCUT2D eigenvalue weighted by Gasteiger charge is -1.98. The predicted octanol–water partition coefficient (Wildman–Crippen LogP) is 5.31. The number of aromatic nitrogens is 4. The van der Waals surface area contributed by atoms with Gasteiger partial charge in [-0.2, -0.15) is 10.1 Å². The maximum Gasteiger partial charge on any atom is 0.269 e. The number of hydrogen-bond acceptors (Lipinski definition) is 4. The van der Waals surface area contributed by atoms with Gasteiger partial charge in [-0.05, 0) is 30.3 Å². The molecule has 5 nitrogen and oxygen atoms in total. The molecule has 26 heavy (non-hydrogen) atoms. The predicted molar refractivity (Wildman–Crippen MR) is 102 cm³/mol. The second kappa shape index (κ2) is 7.15. The molecule has 0 aliphatic heterocycles. The van der Waals surface area contributed by atoms with Crippen LogP contribution in [0.2, 0.25) is 5.02 Å². The van der Waals surface area contributed by atoms with Gasteiger partial charge in [-0.3, -0.25) is 0 Å². The summed E-state index contributed by atoms with van der Waals surface area (Å²) in [7, 11) is 0. The van der Waals surface area contributed by atoms with Crippen LogP contribution in [-0.4, -0.2) is 19.9 Å². The molecule has 0 bridgehead atoms. The van der Waals surface area contributed by atoms with E-state index in [1.807, 2.05) is 54.7 Å². The van der Waals surface area contributed by atoms with Crippen LogP contribution in [0.1, 0.15) is 11.5 Å². The molecule has 0 radical (unpaired) electrons. The number of rotatable bonds is 4. The highest BCUT2D eigenvalue weighted by atomic mass is 35.5. The Hall–Kier alpha value is -2.89. The Morgan fingerprint density at radius 2 is 1.81 bits per heavy atom. The molecule has 2 heterocycles. The second-order valence-corrected chi connectivity index (χ2v) is 6.26. The van der Waals surface area contributed by atoms with E-state index >= 15 is 0 Å². The van der Waals surface area contributed by atoms with Crippen molar-refractivity contribution in [3.05, 3.63) is 83.5 Å². The Kier molecular flexibility index (Phi) is 4.56. The molecule has 0 spiro atoms. The van der Waals surface area contributed by atoms with Crippen LogP contribution in [0, 0.1) is 0 Å². The maximum atomic E-state index is 6.33. The SMILES string of the molecule is Cl/C(=C\c1cnn(-c2ccccc2)c1)c1nc(-c2ccccc2Cl)no1. The van der Waals surface area contributed by atoms with E-state index in [-0.39, 0.29) is 5.89 Å². The normalized spacial score (nSPS) is 11.7. The van der Waals surface area contributed by atoms with Crippen molar-refractivity contribution in [3.8, 4) is 17.1 Å². The zero-order chi connectivity index (χ0) is 17.9. The van der Waals surface area contributed by atoms with Crippen molar-refractivity contribution in [2.24, 2.45) is 0 Å². The number of benzene rings is 2. The van der Waals surface area contributed by atoms with E-state index < -0.39 is 0 Å². The minimum absolute atomic E-state index is 0.217. The molecule has 7 heteroatoms. The molecule has 0 amide bonds. The van der Waals surface area contributed by atoms with Gasteiger partial charge in [0.25, 0.3) is 5.89 Å². The molecule has 2 aromatic heterocycles. The Morgan fingerprint density at radius 1 is 1.04 bits per heavy atom. The zero-order valence-electron chi connectivity index (χ0n) is 13.4. The van der Waals surface area contributed by atoms with Gasteiger partial charge in [0.2, 0.25) is 5.82 Å². The summed E-state index contributed by atoms with van der Waals surface area (Å²) in [6.45, 7) is 0. The van der Waals surface area contributed by atoms with E-state index in [0.717, 1.165) is 11.3 Å². The Bertz CT molecular complexity index is 1070. The van der Waals surface area contributed by atoms with Crippen molar-refractivity contribution in [1.29, 1.82) is 0 Å². The first-order valence-corrected chi connectivity index (χ1v) is 8.52. The largest absolute Gasteiger partial charge is 0.333 e. The lowest BCUT2D eigenvalue weighted by atomic mass is 10.2. The molecular weight excluding hydrogens is 371 g/mol. The van der Waals surface area contributed by atoms with E-state index in [9.17, 15) is 0 Å². The first-order valence-electron chi connectivity index (χ1n) is 7.77. The molecular formula is C19H12Cl2N4O. The van der Waals surface area contributed by atoms with Gasteiger partial charge in [0.1, 0.15) is 5.03 Å². The van der Waals surface area contributed by atoms with Gasteiger partial charge in [0.15, 0.2) is 0 Å². The van der Waals surface area contributed by atoms with Crippen LogP contribution in [0.5, 0.6) is 0 Å². The molecule has 0 saturated carbocycles. The van der Waals surface area contributed by atoms with Crippen LogP contribution in [0.4, 0.5) is 0 Å². The van der Waals surface area contributed by atoms with Crippen molar-refractivity contribution in [3.63, 3.8) is 0 Å². The van der Waals surface area contributed by atoms with E-state index in [1.54, 1.807) is 23.0 Å². The fourth-order valence-electron chi connectivity index (χ4n) is 2.41. The molecule has 4 aromatic rings. The summed E-state index contributed by atoms with van der Waals surface area (Å²) in [6, 6.07) is 17.1. The Labute approximate surface area is 159 Å². The third-order valence-corrected chi connectivity index (χ3v) is 4.26. The van der Waals surface area contributed by atoms with Crippen LogP contribution in [0.3, 0.4) is 0 Å². The van der Waals surface area contributed by atoms with Gasteiger partial charge in [-0.15, -0.1) is 0 Å². The summed E-state index contributed by atoms with van der Waals surface area (Å²) in [4.78, 5) is 4.31. The summed E-state index contributed by atoms with van der Waals surface area (Å²) < 4.78 is 7.02. The van der Waals surface area contributed by atoms with Crippen molar-refractivity contribution in [2.75, 3.05) is 0 Å². The van der Waals surface area contributed by atoms with Crippen LogP contribution < -0.4 is 0 Å². The third-order valence-electron chi connectivity index (χ3n) is 3.66. The topological polar surface area (TPSA) is 56.7 Å². The lowest BCUT2D eigenvalue weighted by Crippen LogP contribution is -1.92. The molecule has 0 saturated heterocycles. The quantitative estimate of drug-likeness (QED) is 0.479. The van der Waals surface area contributed by atoms with Crippen molar-refractivity contribution >= 4 is 34.3 Å². The summed E-state index contributed by atoms with van der Waals surface area (Å²) in [5.74, 6) is 0.603. The van der Waals surface area contributed by atoms with Gasteiger partial charge in [0, 0.05) is 17.3 Å². The van der Waals surface area contributed by atoms with Crippen molar-refractivity contribution in [2.45, 2.75) is 0 Å². The van der Waals surface area contributed by atoms with Gasteiger partial charge >= 0.3 is 0 Å². The first kappa shape index (κ1) is 16.6. The highest BCUT2D eigenvalue weighted by Crippen LogP contribution is 2.28. The van der Waals surface area contributed by atoms with Gasteiger partial charge < -0.3 is 4.52 Å². The highest BCUT2D eigenvalue weighted by Gasteiger charge is 2.14. The smallest absolute Gasteiger partial charge is 0.269 e. The molecule has 4 rings (SSSR count). The molecule has 0 aliphatic carbocycles. The fourth-order valence-corrected chi connectivity index (χ4v) is 2.84. The third kappa shape index (κ3) is 3.40. The molecule has 0 unspecified atom stereocenters. The summed E-state index contributed by atoms with van der Waals surface area (Å²) in [6.07, 6.45) is 5.29. The zero-order valence-corrected chi connectivity index (χ0v) is 14.9. The average molecular weight is 383 g/mol. The van der Waals surface area contributed by atoms with Crippen molar-refractivity contribution in [1.82, 2.24) is 19.9 Å². The van der Waals surface area contributed by atoms with Crippen LogP contribution in [0.25, 0.3) is 28.2 Å². The van der Waals surface area contributed by atoms with Crippen molar-refractivity contribution < 1.29 is 4.52 Å². The van der Waals surface area contributed by atoms with E-state index in [2.05, 4.69) is 15.2 Å². The molecule has 0 N–H and O–H groups in total. The highest BCUT2D eigenvalue weighted by molar-refractivity contribution is 6.50. The minimum Gasteiger partial charge on any atom is -0.333 e. The summed E-state index contributed by atoms with van der Waals surface area (Å²) in [5.41, 5.74) is 2.46. The van der Waals surface area contributed by atoms with Crippen LogP contribution in [-0.2, 0) is 0 Å². The molecule has 128 valence electrons. The number of halogens is 2. The maximum absolute atomic E-state index is 6.33. The second-order valence-electron chi connectivity index (χ2n) is 5.45.